The van der Waals surface area contributed by atoms with Gasteiger partial charge in [-0.2, -0.15) is 0 Å². The molecule has 6 heteroatoms. The first-order valence-electron chi connectivity index (χ1n) is 7.34. The number of carbonyl (C=O) groups is 1. The van der Waals surface area contributed by atoms with Crippen LogP contribution in [0.4, 0.5) is 13.2 Å². The SMILES string of the molecule is Cc1cc(CCC(=O)c2ccc(OC(F)(F)F)cc2)cc(C)c1O. The lowest BCUT2D eigenvalue weighted by Gasteiger charge is -2.09. The van der Waals surface area contributed by atoms with Crippen LogP contribution in [0.5, 0.6) is 11.5 Å². The minimum absolute atomic E-state index is 0.170. The summed E-state index contributed by atoms with van der Waals surface area (Å²) in [6, 6.07) is 8.50. The highest BCUT2D eigenvalue weighted by molar-refractivity contribution is 5.96. The highest BCUT2D eigenvalue weighted by atomic mass is 19.4. The molecular weight excluding hydrogens is 321 g/mol. The van der Waals surface area contributed by atoms with E-state index in [0.717, 1.165) is 28.8 Å². The Labute approximate surface area is 137 Å². The Balaban J connectivity index is 2.00. The molecule has 0 spiro atoms. The number of hydrogen-bond donors (Lipinski definition) is 1. The standard InChI is InChI=1S/C18H17F3O3/c1-11-9-13(10-12(2)17(11)23)3-8-16(22)14-4-6-15(7-5-14)24-18(19,20)21/h4-7,9-10,23H,3,8H2,1-2H3. The Bertz CT molecular complexity index is 711. The Kier molecular flexibility index (Phi) is 5.17. The molecule has 2 aromatic carbocycles. The van der Waals surface area contributed by atoms with Crippen molar-refractivity contribution in [3.05, 3.63) is 58.7 Å². The van der Waals surface area contributed by atoms with Gasteiger partial charge in [-0.25, -0.2) is 0 Å². The molecule has 128 valence electrons. The molecule has 0 bridgehead atoms. The van der Waals surface area contributed by atoms with Crippen molar-refractivity contribution in [1.29, 1.82) is 0 Å². The number of hydrogen-bond acceptors (Lipinski definition) is 3. The topological polar surface area (TPSA) is 46.5 Å². The van der Waals surface area contributed by atoms with Crippen LogP contribution < -0.4 is 4.74 Å². The summed E-state index contributed by atoms with van der Waals surface area (Å²) in [5, 5.41) is 9.73. The number of rotatable bonds is 5. The van der Waals surface area contributed by atoms with Crippen LogP contribution in [0, 0.1) is 13.8 Å². The number of alkyl halides is 3. The molecule has 0 saturated carbocycles. The van der Waals surface area contributed by atoms with E-state index in [1.807, 2.05) is 12.1 Å². The van der Waals surface area contributed by atoms with Gasteiger partial charge in [0.25, 0.3) is 0 Å². The van der Waals surface area contributed by atoms with Crippen molar-refractivity contribution in [2.75, 3.05) is 0 Å². The van der Waals surface area contributed by atoms with Crippen LogP contribution in [-0.2, 0) is 6.42 Å². The summed E-state index contributed by atoms with van der Waals surface area (Å²) in [5.74, 6) is -0.286. The second-order valence-corrected chi connectivity index (χ2v) is 5.57. The van der Waals surface area contributed by atoms with Crippen molar-refractivity contribution in [2.45, 2.75) is 33.1 Å². The number of ketones is 1. The molecule has 2 aromatic rings. The Morgan fingerprint density at radius 1 is 1.08 bits per heavy atom. The molecule has 0 aliphatic carbocycles. The molecule has 0 saturated heterocycles. The fourth-order valence-electron chi connectivity index (χ4n) is 2.43. The summed E-state index contributed by atoms with van der Waals surface area (Å²) < 4.78 is 40.1. The first-order valence-corrected chi connectivity index (χ1v) is 7.34. The molecule has 0 unspecified atom stereocenters. The minimum atomic E-state index is -4.75. The zero-order valence-electron chi connectivity index (χ0n) is 13.3. The second kappa shape index (κ2) is 6.95. The predicted molar refractivity (Wildman–Crippen MR) is 83.4 cm³/mol. The number of phenolic OH excluding ortho intramolecular Hbond substituents is 1. The Morgan fingerprint density at radius 2 is 1.62 bits per heavy atom. The van der Waals surface area contributed by atoms with Gasteiger partial charge < -0.3 is 9.84 Å². The van der Waals surface area contributed by atoms with Crippen LogP contribution in [0.2, 0.25) is 0 Å². The number of aromatic hydroxyl groups is 1. The fourth-order valence-corrected chi connectivity index (χ4v) is 2.43. The number of Topliss-reactive ketones (excluding diaryl/α,β-unsaturated/α-hetero) is 1. The van der Waals surface area contributed by atoms with E-state index in [9.17, 15) is 23.1 Å². The average Bonchev–Trinajstić information content (AvgIpc) is 2.49. The summed E-state index contributed by atoms with van der Waals surface area (Å²) in [4.78, 5) is 12.1. The van der Waals surface area contributed by atoms with Gasteiger partial charge in [-0.05, 0) is 61.2 Å². The molecule has 2 rings (SSSR count). The van der Waals surface area contributed by atoms with Crippen molar-refractivity contribution in [3.8, 4) is 11.5 Å². The second-order valence-electron chi connectivity index (χ2n) is 5.57. The van der Waals surface area contributed by atoms with Gasteiger partial charge in [0.1, 0.15) is 11.5 Å². The maximum atomic E-state index is 12.1. The van der Waals surface area contributed by atoms with E-state index in [2.05, 4.69) is 4.74 Å². The smallest absolute Gasteiger partial charge is 0.507 e. The molecule has 0 aliphatic rings. The molecule has 24 heavy (non-hydrogen) atoms. The Hall–Kier alpha value is -2.50. The first kappa shape index (κ1) is 17.8. The molecule has 0 aromatic heterocycles. The van der Waals surface area contributed by atoms with E-state index in [4.69, 9.17) is 0 Å². The van der Waals surface area contributed by atoms with Crippen LogP contribution in [-0.4, -0.2) is 17.3 Å². The molecule has 0 aliphatic heterocycles. The van der Waals surface area contributed by atoms with E-state index in [1.165, 1.54) is 12.1 Å². The van der Waals surface area contributed by atoms with Crippen LogP contribution >= 0.6 is 0 Å². The van der Waals surface area contributed by atoms with E-state index >= 15 is 0 Å². The number of ether oxygens (including phenoxy) is 1. The third-order valence-electron chi connectivity index (χ3n) is 3.60. The van der Waals surface area contributed by atoms with Gasteiger partial charge in [0, 0.05) is 12.0 Å². The molecule has 0 heterocycles. The monoisotopic (exact) mass is 338 g/mol. The molecule has 1 N–H and O–H groups in total. The molecule has 0 fully saturated rings. The summed E-state index contributed by atoms with van der Waals surface area (Å²) >= 11 is 0. The maximum Gasteiger partial charge on any atom is 0.573 e. The number of phenols is 1. The Morgan fingerprint density at radius 3 is 2.12 bits per heavy atom. The number of halogens is 3. The van der Waals surface area contributed by atoms with Crippen LogP contribution in [0.15, 0.2) is 36.4 Å². The van der Waals surface area contributed by atoms with Crippen LogP contribution in [0.1, 0.15) is 33.5 Å². The van der Waals surface area contributed by atoms with Gasteiger partial charge in [-0.3, -0.25) is 4.79 Å². The zero-order valence-corrected chi connectivity index (χ0v) is 13.3. The van der Waals surface area contributed by atoms with Gasteiger partial charge in [0.2, 0.25) is 0 Å². The third kappa shape index (κ3) is 4.75. The zero-order chi connectivity index (χ0) is 17.9. The largest absolute Gasteiger partial charge is 0.573 e. The van der Waals surface area contributed by atoms with Crippen molar-refractivity contribution in [2.24, 2.45) is 0 Å². The summed E-state index contributed by atoms with van der Waals surface area (Å²) in [7, 11) is 0. The normalized spacial score (nSPS) is 11.4. The van der Waals surface area contributed by atoms with Gasteiger partial charge in [-0.1, -0.05) is 12.1 Å². The van der Waals surface area contributed by atoms with Crippen LogP contribution in [0.3, 0.4) is 0 Å². The lowest BCUT2D eigenvalue weighted by atomic mass is 9.99. The highest BCUT2D eigenvalue weighted by Gasteiger charge is 2.31. The number of aryl methyl sites for hydroxylation is 3. The first-order chi connectivity index (χ1) is 11.2. The highest BCUT2D eigenvalue weighted by Crippen LogP contribution is 2.25. The number of carbonyl (C=O) groups excluding carboxylic acids is 1. The number of benzene rings is 2. The van der Waals surface area contributed by atoms with E-state index in [1.54, 1.807) is 13.8 Å². The molecule has 0 radical (unpaired) electrons. The lowest BCUT2D eigenvalue weighted by Crippen LogP contribution is -2.17. The third-order valence-corrected chi connectivity index (χ3v) is 3.60. The van der Waals surface area contributed by atoms with Gasteiger partial charge in [0.05, 0.1) is 0 Å². The predicted octanol–water partition coefficient (Wildman–Crippen LogP) is 4.72. The minimum Gasteiger partial charge on any atom is -0.507 e. The average molecular weight is 338 g/mol. The van der Waals surface area contributed by atoms with Crippen LogP contribution in [0.25, 0.3) is 0 Å². The van der Waals surface area contributed by atoms with Gasteiger partial charge >= 0.3 is 6.36 Å². The lowest BCUT2D eigenvalue weighted by molar-refractivity contribution is -0.274. The van der Waals surface area contributed by atoms with Crippen molar-refractivity contribution in [1.82, 2.24) is 0 Å². The van der Waals surface area contributed by atoms with Crippen molar-refractivity contribution < 1.29 is 27.8 Å². The molecular formula is C18H17F3O3. The maximum absolute atomic E-state index is 12.1. The molecule has 0 amide bonds. The fraction of sp³-hybridized carbons (Fsp3) is 0.278. The summed E-state index contributed by atoms with van der Waals surface area (Å²) in [6.45, 7) is 3.57. The summed E-state index contributed by atoms with van der Waals surface area (Å²) in [5.41, 5.74) is 2.74. The quantitative estimate of drug-likeness (QED) is 0.802. The van der Waals surface area contributed by atoms with Crippen molar-refractivity contribution in [3.63, 3.8) is 0 Å². The molecule has 0 atom stereocenters. The van der Waals surface area contributed by atoms with Crippen molar-refractivity contribution >= 4 is 5.78 Å². The van der Waals surface area contributed by atoms with E-state index in [-0.39, 0.29) is 23.7 Å². The van der Waals surface area contributed by atoms with E-state index in [0.29, 0.717) is 12.0 Å². The summed E-state index contributed by atoms with van der Waals surface area (Å²) in [6.07, 6.45) is -4.04. The molecule has 3 nitrogen and oxygen atoms in total. The van der Waals surface area contributed by atoms with Gasteiger partial charge in [0.15, 0.2) is 5.78 Å². The van der Waals surface area contributed by atoms with Gasteiger partial charge in [-0.15, -0.1) is 13.2 Å². The van der Waals surface area contributed by atoms with E-state index < -0.39 is 6.36 Å².